The molecule has 7 rings (SSSR count). The second-order valence-corrected chi connectivity index (χ2v) is 18.3. The average Bonchev–Trinajstić information content (AvgIpc) is 3.44. The molecule has 3 heterocycles. The first kappa shape index (κ1) is 34.2. The Hall–Kier alpha value is -4.15. The normalized spacial score (nSPS) is 11.3. The summed E-state index contributed by atoms with van der Waals surface area (Å²) in [7, 11) is -1.27. The summed E-state index contributed by atoms with van der Waals surface area (Å²) >= 11 is 0. The summed E-state index contributed by atoms with van der Waals surface area (Å²) in [4.78, 5) is 9.27. The molecule has 0 atom stereocenters. The molecule has 0 N–H and O–H groups in total. The second-order valence-electron chi connectivity index (χ2n) is 13.3. The summed E-state index contributed by atoms with van der Waals surface area (Å²) < 4.78 is 6.29. The summed E-state index contributed by atoms with van der Waals surface area (Å²) in [5.74, 6) is 0.444. The van der Waals surface area contributed by atoms with Crippen molar-refractivity contribution in [1.82, 2.24) is 9.97 Å². The van der Waals surface area contributed by atoms with Crippen molar-refractivity contribution in [2.45, 2.75) is 53.3 Å². The van der Waals surface area contributed by atoms with E-state index >= 15 is 0 Å². The minimum Gasteiger partial charge on any atom is -0.501 e. The smallest absolute Gasteiger partial charge is 0.120 e. The molecule has 47 heavy (non-hydrogen) atoms. The fourth-order valence-electron chi connectivity index (χ4n) is 6.08. The molecule has 0 aliphatic rings. The minimum absolute atomic E-state index is 0. The van der Waals surface area contributed by atoms with Crippen LogP contribution in [0.2, 0.25) is 19.6 Å². The maximum atomic E-state index is 6.29. The predicted molar refractivity (Wildman–Crippen MR) is 196 cm³/mol. The maximum absolute atomic E-state index is 6.29. The molecular weight excluding hydrogens is 769 g/mol. The van der Waals surface area contributed by atoms with E-state index in [1.807, 2.05) is 36.5 Å². The molecule has 0 saturated carbocycles. The topological polar surface area (TPSA) is 38.9 Å². The number of furan rings is 1. The van der Waals surface area contributed by atoms with Gasteiger partial charge in [0.1, 0.15) is 5.58 Å². The van der Waals surface area contributed by atoms with E-state index in [4.69, 9.17) is 4.42 Å². The Bertz CT molecular complexity index is 2130. The van der Waals surface area contributed by atoms with E-state index in [2.05, 4.69) is 142 Å². The molecule has 0 fully saturated rings. The summed E-state index contributed by atoms with van der Waals surface area (Å²) in [5.41, 5.74) is 11.9. The van der Waals surface area contributed by atoms with Gasteiger partial charge in [-0.3, -0.25) is 0 Å². The van der Waals surface area contributed by atoms with Crippen molar-refractivity contribution in [2.24, 2.45) is 0 Å². The van der Waals surface area contributed by atoms with Gasteiger partial charge in [0.2, 0.25) is 0 Å². The van der Waals surface area contributed by atoms with Crippen LogP contribution in [0.5, 0.6) is 0 Å². The molecular formula is C42H40IrN2OSi-2. The van der Waals surface area contributed by atoms with E-state index in [0.29, 0.717) is 5.92 Å². The molecule has 239 valence electrons. The Labute approximate surface area is 293 Å². The first-order chi connectivity index (χ1) is 22.1. The van der Waals surface area contributed by atoms with E-state index in [-0.39, 0.29) is 20.1 Å². The van der Waals surface area contributed by atoms with Crippen LogP contribution in [-0.4, -0.2) is 18.0 Å². The van der Waals surface area contributed by atoms with Gasteiger partial charge in [-0.1, -0.05) is 98.5 Å². The van der Waals surface area contributed by atoms with Crippen molar-refractivity contribution in [3.05, 3.63) is 138 Å². The number of hydrogen-bond acceptors (Lipinski definition) is 3. The van der Waals surface area contributed by atoms with E-state index in [1.165, 1.54) is 33.0 Å². The fourth-order valence-corrected chi connectivity index (χ4v) is 7.79. The van der Waals surface area contributed by atoms with Crippen LogP contribution in [0.25, 0.3) is 55.6 Å². The van der Waals surface area contributed by atoms with Gasteiger partial charge < -0.3 is 14.4 Å². The van der Waals surface area contributed by atoms with Crippen molar-refractivity contribution < 1.29 is 24.5 Å². The molecule has 0 bridgehead atoms. The molecule has 7 aromatic rings. The Morgan fingerprint density at radius 3 is 2.11 bits per heavy atom. The van der Waals surface area contributed by atoms with Crippen LogP contribution in [0.4, 0.5) is 0 Å². The van der Waals surface area contributed by atoms with Crippen molar-refractivity contribution in [3.63, 3.8) is 0 Å². The van der Waals surface area contributed by atoms with Gasteiger partial charge >= 0.3 is 0 Å². The van der Waals surface area contributed by atoms with Crippen molar-refractivity contribution in [3.8, 4) is 33.6 Å². The number of fused-ring (bicyclic) bond motifs is 3. The van der Waals surface area contributed by atoms with E-state index in [1.54, 1.807) is 0 Å². The number of hydrogen-bond donors (Lipinski definition) is 0. The van der Waals surface area contributed by atoms with Gasteiger partial charge in [-0.2, -0.15) is 0 Å². The van der Waals surface area contributed by atoms with Crippen LogP contribution < -0.4 is 5.19 Å². The van der Waals surface area contributed by atoms with E-state index < -0.39 is 8.07 Å². The van der Waals surface area contributed by atoms with Crippen LogP contribution in [0.15, 0.2) is 114 Å². The Kier molecular flexibility index (Phi) is 10.4. The third kappa shape index (κ3) is 7.39. The van der Waals surface area contributed by atoms with Gasteiger partial charge in [-0.15, -0.1) is 54.1 Å². The SMILES string of the molecule is Cc1cc(-c2[c-]cccc2)ncc1[Si](C)(C)C.Cc1cnc(-c2[c-]ccc3c2oc2ccc(-c4ccccc4)cc23)cc1C(C)C.[Ir]. The minimum atomic E-state index is -1.27. The average molecular weight is 809 g/mol. The van der Waals surface area contributed by atoms with E-state index in [0.717, 1.165) is 44.5 Å². The molecule has 0 aliphatic carbocycles. The molecule has 3 aromatic heterocycles. The zero-order valence-electron chi connectivity index (χ0n) is 28.1. The zero-order chi connectivity index (χ0) is 32.4. The number of nitrogens with zero attached hydrogens (tertiary/aromatic N) is 2. The van der Waals surface area contributed by atoms with Crippen LogP contribution >= 0.6 is 0 Å². The maximum Gasteiger partial charge on any atom is 0.120 e. The van der Waals surface area contributed by atoms with E-state index in [9.17, 15) is 0 Å². The van der Waals surface area contributed by atoms with Gasteiger partial charge in [0, 0.05) is 37.9 Å². The molecule has 3 nitrogen and oxygen atoms in total. The summed E-state index contributed by atoms with van der Waals surface area (Å²) in [6.07, 6.45) is 4.01. The van der Waals surface area contributed by atoms with Gasteiger partial charge in [-0.25, -0.2) is 0 Å². The van der Waals surface area contributed by atoms with Gasteiger partial charge in [0.15, 0.2) is 0 Å². The first-order valence-corrected chi connectivity index (χ1v) is 19.4. The quantitative estimate of drug-likeness (QED) is 0.128. The van der Waals surface area contributed by atoms with Crippen LogP contribution in [0.1, 0.15) is 36.5 Å². The van der Waals surface area contributed by atoms with Crippen molar-refractivity contribution in [2.75, 3.05) is 0 Å². The Balaban J connectivity index is 0.000000207. The largest absolute Gasteiger partial charge is 0.501 e. The predicted octanol–water partition coefficient (Wildman–Crippen LogP) is 10.9. The summed E-state index contributed by atoms with van der Waals surface area (Å²) in [6, 6.07) is 39.8. The molecule has 4 aromatic carbocycles. The van der Waals surface area contributed by atoms with Gasteiger partial charge in [0.05, 0.1) is 13.7 Å². The third-order valence-electron chi connectivity index (χ3n) is 8.47. The Morgan fingerprint density at radius 1 is 0.681 bits per heavy atom. The number of aromatic nitrogens is 2. The molecule has 0 aliphatic heterocycles. The van der Waals surface area contributed by atoms with Gasteiger partial charge in [0.25, 0.3) is 0 Å². The number of aryl methyl sites for hydroxylation is 2. The van der Waals surface area contributed by atoms with Crippen molar-refractivity contribution in [1.29, 1.82) is 0 Å². The molecule has 1 radical (unpaired) electrons. The summed E-state index contributed by atoms with van der Waals surface area (Å²) in [6.45, 7) is 15.8. The van der Waals surface area contributed by atoms with Crippen LogP contribution in [0, 0.1) is 26.0 Å². The second kappa shape index (κ2) is 14.3. The zero-order valence-corrected chi connectivity index (χ0v) is 31.5. The molecule has 0 saturated heterocycles. The number of pyridine rings is 2. The van der Waals surface area contributed by atoms with Crippen LogP contribution in [0.3, 0.4) is 0 Å². The van der Waals surface area contributed by atoms with Crippen molar-refractivity contribution >= 4 is 35.2 Å². The monoisotopic (exact) mass is 809 g/mol. The fraction of sp³-hybridized carbons (Fsp3) is 0.190. The third-order valence-corrected chi connectivity index (χ3v) is 10.6. The summed E-state index contributed by atoms with van der Waals surface area (Å²) in [5, 5.41) is 3.66. The number of benzene rings is 4. The molecule has 0 amide bonds. The molecule has 0 spiro atoms. The van der Waals surface area contributed by atoms with Crippen LogP contribution in [-0.2, 0) is 20.1 Å². The number of rotatable bonds is 5. The standard InChI is InChI=1S/C27H22NO.C15H18NSi.Ir/c1-17(2)23-15-25(28-16-18(23)3)22-11-7-10-21-24-14-20(19-8-5-4-6-9-19)12-13-26(24)29-27(21)22;1-12-10-14(13-8-6-5-7-9-13)16-11-15(12)17(2,3)4;/h4-10,12-17H,1-3H3;5-8,10-11H,1-4H3;/q2*-1;. The Morgan fingerprint density at radius 2 is 1.43 bits per heavy atom. The molecule has 5 heteroatoms. The first-order valence-electron chi connectivity index (χ1n) is 15.9. The molecule has 0 unspecified atom stereocenters. The van der Waals surface area contributed by atoms with Gasteiger partial charge in [-0.05, 0) is 70.7 Å².